The van der Waals surface area contributed by atoms with Crippen LogP contribution in [0.2, 0.25) is 0 Å². The average molecular weight is 403 g/mol. The van der Waals surface area contributed by atoms with Crippen molar-refractivity contribution in [3.8, 4) is 0 Å². The zero-order valence-corrected chi connectivity index (χ0v) is 16.9. The maximum absolute atomic E-state index is 13.9. The lowest BCUT2D eigenvalue weighted by Gasteiger charge is -2.38. The van der Waals surface area contributed by atoms with Crippen molar-refractivity contribution in [1.82, 2.24) is 14.9 Å². The van der Waals surface area contributed by atoms with Gasteiger partial charge in [-0.2, -0.15) is 0 Å². The first-order valence-corrected chi connectivity index (χ1v) is 10.5. The van der Waals surface area contributed by atoms with Crippen LogP contribution in [0.5, 0.6) is 0 Å². The fraction of sp³-hybridized carbons (Fsp3) is 0.588. The van der Waals surface area contributed by atoms with Crippen LogP contribution >= 0.6 is 0 Å². The smallest absolute Gasteiger partial charge is 0.209 e. The van der Waals surface area contributed by atoms with Crippen molar-refractivity contribution in [3.63, 3.8) is 0 Å². The van der Waals surface area contributed by atoms with Crippen LogP contribution in [0.1, 0.15) is 13.8 Å². The lowest BCUT2D eigenvalue weighted by atomic mass is 10.1. The van der Waals surface area contributed by atoms with E-state index in [-0.39, 0.29) is 5.69 Å². The number of rotatable bonds is 5. The quantitative estimate of drug-likeness (QED) is 0.566. The lowest BCUT2D eigenvalue weighted by molar-refractivity contribution is 0.361. The molecule has 1 aliphatic heterocycles. The Labute approximate surface area is 159 Å². The predicted octanol–water partition coefficient (Wildman–Crippen LogP) is 0.990. The molecule has 0 aliphatic carbocycles. The van der Waals surface area contributed by atoms with Crippen LogP contribution in [0.3, 0.4) is 0 Å². The molecule has 0 unspecified atom stereocenters. The van der Waals surface area contributed by atoms with Crippen molar-refractivity contribution in [2.24, 2.45) is 4.99 Å². The molecule has 1 fully saturated rings. The number of piperazine rings is 1. The summed E-state index contributed by atoms with van der Waals surface area (Å²) in [6, 6.07) is 3.44. The van der Waals surface area contributed by atoms with E-state index in [1.807, 2.05) is 4.90 Å². The number of hydrogen-bond donors (Lipinski definition) is 2. The van der Waals surface area contributed by atoms with Crippen molar-refractivity contribution < 1.29 is 17.2 Å². The minimum absolute atomic E-state index is 0.260. The molecule has 1 saturated heterocycles. The first kappa shape index (κ1) is 21.4. The van der Waals surface area contributed by atoms with Gasteiger partial charge in [0, 0.05) is 51.4 Å². The van der Waals surface area contributed by atoms with Crippen molar-refractivity contribution in [1.29, 1.82) is 0 Å². The minimum Gasteiger partial charge on any atom is -0.366 e. The second kappa shape index (κ2) is 8.39. The second-order valence-corrected chi connectivity index (χ2v) is 8.98. The highest BCUT2D eigenvalue weighted by molar-refractivity contribution is 7.88. The molecule has 10 heteroatoms. The fourth-order valence-electron chi connectivity index (χ4n) is 3.06. The van der Waals surface area contributed by atoms with Crippen LogP contribution in [0.15, 0.2) is 23.2 Å². The molecule has 0 amide bonds. The molecule has 0 saturated carbocycles. The summed E-state index contributed by atoms with van der Waals surface area (Å²) in [5.41, 5.74) is -0.424. The molecule has 152 valence electrons. The molecule has 27 heavy (non-hydrogen) atoms. The molecule has 2 N–H and O–H groups in total. The predicted molar refractivity (Wildman–Crippen MR) is 104 cm³/mol. The van der Waals surface area contributed by atoms with E-state index in [9.17, 15) is 17.2 Å². The molecule has 1 aliphatic rings. The summed E-state index contributed by atoms with van der Waals surface area (Å²) in [7, 11) is -1.67. The lowest BCUT2D eigenvalue weighted by Crippen LogP contribution is -2.57. The third-order valence-corrected chi connectivity index (χ3v) is 5.11. The highest BCUT2D eigenvalue weighted by Gasteiger charge is 2.25. The maximum atomic E-state index is 13.9. The van der Waals surface area contributed by atoms with E-state index in [0.717, 1.165) is 18.4 Å². The Kier molecular flexibility index (Phi) is 6.63. The summed E-state index contributed by atoms with van der Waals surface area (Å²) in [4.78, 5) is 8.05. The van der Waals surface area contributed by atoms with E-state index in [1.165, 1.54) is 6.07 Å². The molecule has 1 aromatic rings. The van der Waals surface area contributed by atoms with Gasteiger partial charge in [0.05, 0.1) is 11.9 Å². The SMILES string of the molecule is CN=C(NCC(C)(C)NS(C)(=O)=O)N1CCN(c2cc(F)ccc2F)CC1. The summed E-state index contributed by atoms with van der Waals surface area (Å²) >= 11 is 0. The number of benzene rings is 1. The molecule has 2 rings (SSSR count). The zero-order valence-electron chi connectivity index (χ0n) is 16.1. The normalized spacial score (nSPS) is 16.6. The van der Waals surface area contributed by atoms with E-state index >= 15 is 0 Å². The minimum atomic E-state index is -3.32. The Morgan fingerprint density at radius 1 is 1.22 bits per heavy atom. The molecule has 7 nitrogen and oxygen atoms in total. The molecule has 0 bridgehead atoms. The van der Waals surface area contributed by atoms with Gasteiger partial charge in [0.2, 0.25) is 10.0 Å². The summed E-state index contributed by atoms with van der Waals surface area (Å²) < 4.78 is 52.8. The van der Waals surface area contributed by atoms with Gasteiger partial charge in [-0.25, -0.2) is 21.9 Å². The number of aliphatic imine (C=N–C) groups is 1. The zero-order chi connectivity index (χ0) is 20.2. The summed E-state index contributed by atoms with van der Waals surface area (Å²) in [5.74, 6) is -0.273. The highest BCUT2D eigenvalue weighted by Crippen LogP contribution is 2.22. The summed E-state index contributed by atoms with van der Waals surface area (Å²) in [6.45, 7) is 6.10. The van der Waals surface area contributed by atoms with Crippen LogP contribution < -0.4 is 14.9 Å². The van der Waals surface area contributed by atoms with Gasteiger partial charge in [-0.15, -0.1) is 0 Å². The van der Waals surface area contributed by atoms with Gasteiger partial charge in [0.25, 0.3) is 0 Å². The fourth-order valence-corrected chi connectivity index (χ4v) is 4.13. The van der Waals surface area contributed by atoms with Crippen molar-refractivity contribution in [3.05, 3.63) is 29.8 Å². The Balaban J connectivity index is 1.94. The molecular formula is C17H27F2N5O2S. The Morgan fingerprint density at radius 2 is 1.85 bits per heavy atom. The number of nitrogens with zero attached hydrogens (tertiary/aromatic N) is 3. The van der Waals surface area contributed by atoms with Gasteiger partial charge in [0.15, 0.2) is 5.96 Å². The van der Waals surface area contributed by atoms with Crippen LogP contribution in [0.25, 0.3) is 0 Å². The van der Waals surface area contributed by atoms with Gasteiger partial charge in [0.1, 0.15) is 11.6 Å². The first-order valence-electron chi connectivity index (χ1n) is 8.65. The van der Waals surface area contributed by atoms with Crippen LogP contribution in [-0.4, -0.2) is 70.8 Å². The Morgan fingerprint density at radius 3 is 2.41 bits per heavy atom. The molecule has 1 aromatic carbocycles. The number of guanidine groups is 1. The van der Waals surface area contributed by atoms with Crippen LogP contribution in [0, 0.1) is 11.6 Å². The van der Waals surface area contributed by atoms with Crippen LogP contribution in [-0.2, 0) is 10.0 Å². The van der Waals surface area contributed by atoms with Gasteiger partial charge >= 0.3 is 0 Å². The standard InChI is InChI=1S/C17H27F2N5O2S/c1-17(2,22-27(4,25)26)12-21-16(20-3)24-9-7-23(8-10-24)15-11-13(18)5-6-14(15)19/h5-6,11,22H,7-10,12H2,1-4H3,(H,20,21). The van der Waals surface area contributed by atoms with Crippen LogP contribution in [0.4, 0.5) is 14.5 Å². The maximum Gasteiger partial charge on any atom is 0.209 e. The first-order chi connectivity index (χ1) is 12.5. The number of nitrogens with one attached hydrogen (secondary N) is 2. The molecule has 0 radical (unpaired) electrons. The number of anilines is 1. The molecule has 0 spiro atoms. The van der Waals surface area contributed by atoms with E-state index in [0.29, 0.717) is 38.7 Å². The highest BCUT2D eigenvalue weighted by atomic mass is 32.2. The van der Waals surface area contributed by atoms with E-state index in [2.05, 4.69) is 15.0 Å². The Hall–Kier alpha value is -1.94. The molecular weight excluding hydrogens is 376 g/mol. The van der Waals surface area contributed by atoms with Crippen molar-refractivity contribution in [2.75, 3.05) is 50.9 Å². The second-order valence-electron chi connectivity index (χ2n) is 7.23. The Bertz CT molecular complexity index is 791. The van der Waals surface area contributed by atoms with Gasteiger partial charge in [-0.05, 0) is 26.0 Å². The van der Waals surface area contributed by atoms with E-state index < -0.39 is 27.2 Å². The number of hydrogen-bond acceptors (Lipinski definition) is 4. The number of sulfonamides is 1. The van der Waals surface area contributed by atoms with Gasteiger partial charge in [-0.3, -0.25) is 4.99 Å². The molecule has 0 atom stereocenters. The van der Waals surface area contributed by atoms with Gasteiger partial charge in [-0.1, -0.05) is 0 Å². The molecule has 0 aromatic heterocycles. The largest absolute Gasteiger partial charge is 0.366 e. The number of halogens is 2. The van der Waals surface area contributed by atoms with Crippen molar-refractivity contribution >= 4 is 21.7 Å². The average Bonchev–Trinajstić information content (AvgIpc) is 2.56. The third kappa shape index (κ3) is 6.31. The summed E-state index contributed by atoms with van der Waals surface area (Å²) in [5, 5.41) is 3.17. The third-order valence-electron chi connectivity index (χ3n) is 4.19. The summed E-state index contributed by atoms with van der Waals surface area (Å²) in [6.07, 6.45) is 1.12. The topological polar surface area (TPSA) is 77.0 Å². The molecule has 1 heterocycles. The monoisotopic (exact) mass is 403 g/mol. The van der Waals surface area contributed by atoms with Crippen molar-refractivity contribution in [2.45, 2.75) is 19.4 Å². The van der Waals surface area contributed by atoms with E-state index in [1.54, 1.807) is 25.8 Å². The van der Waals surface area contributed by atoms with Gasteiger partial charge < -0.3 is 15.1 Å². The van der Waals surface area contributed by atoms with E-state index in [4.69, 9.17) is 0 Å².